The van der Waals surface area contributed by atoms with E-state index in [1.165, 1.54) is 11.1 Å². The topological polar surface area (TPSA) is 44.5 Å². The Kier molecular flexibility index (Phi) is 5.10. The zero-order chi connectivity index (χ0) is 15.4. The van der Waals surface area contributed by atoms with Crippen LogP contribution >= 0.6 is 11.6 Å². The van der Waals surface area contributed by atoms with Crippen LogP contribution in [0.3, 0.4) is 0 Å². The Hall–Kier alpha value is -1.71. The third-order valence-corrected chi connectivity index (χ3v) is 3.77. The van der Waals surface area contributed by atoms with Crippen molar-refractivity contribution in [2.45, 2.75) is 19.4 Å². The van der Waals surface area contributed by atoms with E-state index in [-0.39, 0.29) is 6.04 Å². The van der Waals surface area contributed by atoms with Gasteiger partial charge in [0.25, 0.3) is 0 Å². The van der Waals surface area contributed by atoms with Gasteiger partial charge in [0.1, 0.15) is 0 Å². The highest BCUT2D eigenvalue weighted by Gasteiger charge is 2.16. The molecule has 112 valence electrons. The molecule has 2 N–H and O–H groups in total. The zero-order valence-corrected chi connectivity index (χ0v) is 13.3. The first-order chi connectivity index (χ1) is 10.0. The fourth-order valence-electron chi connectivity index (χ4n) is 2.36. The molecule has 0 heterocycles. The van der Waals surface area contributed by atoms with E-state index < -0.39 is 0 Å². The van der Waals surface area contributed by atoms with Gasteiger partial charge in [0.2, 0.25) is 0 Å². The molecule has 0 aliphatic carbocycles. The molecule has 0 bridgehead atoms. The molecule has 3 nitrogen and oxygen atoms in total. The van der Waals surface area contributed by atoms with Gasteiger partial charge >= 0.3 is 0 Å². The first kappa shape index (κ1) is 15.7. The van der Waals surface area contributed by atoms with Crippen molar-refractivity contribution in [2.24, 2.45) is 5.73 Å². The number of methoxy groups -OCH3 is 2. The van der Waals surface area contributed by atoms with Gasteiger partial charge in [0.05, 0.1) is 14.2 Å². The quantitative estimate of drug-likeness (QED) is 0.911. The second kappa shape index (κ2) is 6.83. The highest BCUT2D eigenvalue weighted by molar-refractivity contribution is 6.31. The second-order valence-corrected chi connectivity index (χ2v) is 5.44. The monoisotopic (exact) mass is 305 g/mol. The summed E-state index contributed by atoms with van der Waals surface area (Å²) in [4.78, 5) is 0. The van der Waals surface area contributed by atoms with Gasteiger partial charge in [-0.15, -0.1) is 0 Å². The fraction of sp³-hybridized carbons (Fsp3) is 0.294. The SMILES string of the molecule is COc1cc(Cl)c(C(N)Cc2cccc(C)c2)cc1OC. The summed E-state index contributed by atoms with van der Waals surface area (Å²) in [5.74, 6) is 1.24. The Morgan fingerprint density at radius 1 is 1.10 bits per heavy atom. The number of nitrogens with two attached hydrogens (primary N) is 1. The maximum Gasteiger partial charge on any atom is 0.162 e. The van der Waals surface area contributed by atoms with E-state index in [1.54, 1.807) is 20.3 Å². The molecule has 1 unspecified atom stereocenters. The van der Waals surface area contributed by atoms with Crippen molar-refractivity contribution in [1.82, 2.24) is 0 Å². The number of aryl methyl sites for hydroxylation is 1. The molecular formula is C17H20ClNO2. The van der Waals surface area contributed by atoms with Crippen LogP contribution in [0.1, 0.15) is 22.7 Å². The Morgan fingerprint density at radius 2 is 1.76 bits per heavy atom. The van der Waals surface area contributed by atoms with Gasteiger partial charge in [0, 0.05) is 17.1 Å². The summed E-state index contributed by atoms with van der Waals surface area (Å²) >= 11 is 6.31. The van der Waals surface area contributed by atoms with Crippen LogP contribution in [0.15, 0.2) is 36.4 Å². The van der Waals surface area contributed by atoms with E-state index in [9.17, 15) is 0 Å². The molecular weight excluding hydrogens is 286 g/mol. The summed E-state index contributed by atoms with van der Waals surface area (Å²) < 4.78 is 10.5. The molecule has 0 saturated carbocycles. The summed E-state index contributed by atoms with van der Waals surface area (Å²) in [7, 11) is 3.18. The van der Waals surface area contributed by atoms with Crippen LogP contribution in [0.25, 0.3) is 0 Å². The van der Waals surface area contributed by atoms with Crippen LogP contribution in [0.2, 0.25) is 5.02 Å². The third-order valence-electron chi connectivity index (χ3n) is 3.44. The zero-order valence-electron chi connectivity index (χ0n) is 12.5. The number of hydrogen-bond acceptors (Lipinski definition) is 3. The first-order valence-electron chi connectivity index (χ1n) is 6.77. The van der Waals surface area contributed by atoms with Crippen molar-refractivity contribution in [3.63, 3.8) is 0 Å². The maximum absolute atomic E-state index is 6.31. The van der Waals surface area contributed by atoms with E-state index in [0.29, 0.717) is 16.5 Å². The van der Waals surface area contributed by atoms with Crippen LogP contribution in [0.5, 0.6) is 11.5 Å². The van der Waals surface area contributed by atoms with Gasteiger partial charge in [0.15, 0.2) is 11.5 Å². The summed E-state index contributed by atoms with van der Waals surface area (Å²) in [6.07, 6.45) is 0.719. The summed E-state index contributed by atoms with van der Waals surface area (Å²) in [5.41, 5.74) is 9.58. The average Bonchev–Trinajstić information content (AvgIpc) is 2.46. The Morgan fingerprint density at radius 3 is 2.38 bits per heavy atom. The third kappa shape index (κ3) is 3.69. The molecule has 0 aliphatic heterocycles. The lowest BCUT2D eigenvalue weighted by Crippen LogP contribution is -2.14. The minimum Gasteiger partial charge on any atom is -0.493 e. The molecule has 0 fully saturated rings. The first-order valence-corrected chi connectivity index (χ1v) is 7.15. The van der Waals surface area contributed by atoms with Gasteiger partial charge in [-0.1, -0.05) is 41.4 Å². The van der Waals surface area contributed by atoms with E-state index >= 15 is 0 Å². The van der Waals surface area contributed by atoms with E-state index in [4.69, 9.17) is 26.8 Å². The lowest BCUT2D eigenvalue weighted by atomic mass is 9.98. The van der Waals surface area contributed by atoms with Crippen LogP contribution in [0, 0.1) is 6.92 Å². The Balaban J connectivity index is 2.28. The predicted octanol–water partition coefficient (Wildman–Crippen LogP) is 3.91. The molecule has 2 aromatic carbocycles. The molecule has 0 amide bonds. The number of benzene rings is 2. The van der Waals surface area contributed by atoms with Gasteiger partial charge < -0.3 is 15.2 Å². The van der Waals surface area contributed by atoms with Gasteiger partial charge in [-0.25, -0.2) is 0 Å². The van der Waals surface area contributed by atoms with Crippen LogP contribution in [-0.4, -0.2) is 14.2 Å². The van der Waals surface area contributed by atoms with Crippen molar-refractivity contribution in [3.05, 3.63) is 58.1 Å². The summed E-state index contributed by atoms with van der Waals surface area (Å²) in [5, 5.41) is 0.591. The molecule has 0 aromatic heterocycles. The molecule has 2 rings (SSSR count). The smallest absolute Gasteiger partial charge is 0.162 e. The van der Waals surface area contributed by atoms with Crippen LogP contribution < -0.4 is 15.2 Å². The Labute approximate surface area is 130 Å². The largest absolute Gasteiger partial charge is 0.493 e. The van der Waals surface area contributed by atoms with Gasteiger partial charge in [-0.2, -0.15) is 0 Å². The van der Waals surface area contributed by atoms with Crippen molar-refractivity contribution >= 4 is 11.6 Å². The maximum atomic E-state index is 6.31. The molecule has 2 aromatic rings. The number of halogens is 1. The minimum atomic E-state index is -0.195. The minimum absolute atomic E-state index is 0.195. The Bertz CT molecular complexity index is 628. The molecule has 0 saturated heterocycles. The second-order valence-electron chi connectivity index (χ2n) is 5.03. The van der Waals surface area contributed by atoms with Crippen LogP contribution in [0.4, 0.5) is 0 Å². The van der Waals surface area contributed by atoms with Crippen molar-refractivity contribution in [2.75, 3.05) is 14.2 Å². The number of rotatable bonds is 5. The van der Waals surface area contributed by atoms with Crippen molar-refractivity contribution < 1.29 is 9.47 Å². The predicted molar refractivity (Wildman–Crippen MR) is 86.4 cm³/mol. The molecule has 21 heavy (non-hydrogen) atoms. The average molecular weight is 306 g/mol. The van der Waals surface area contributed by atoms with E-state index in [1.807, 2.05) is 12.1 Å². The van der Waals surface area contributed by atoms with E-state index in [2.05, 4.69) is 25.1 Å². The standard InChI is InChI=1S/C17H20ClNO2/c1-11-5-4-6-12(7-11)8-15(19)13-9-16(20-2)17(21-3)10-14(13)18/h4-7,9-10,15H,8,19H2,1-3H3. The number of ether oxygens (including phenoxy) is 2. The lowest BCUT2D eigenvalue weighted by Gasteiger charge is -2.17. The molecule has 4 heteroatoms. The number of hydrogen-bond donors (Lipinski definition) is 1. The summed E-state index contributed by atoms with van der Waals surface area (Å²) in [6.45, 7) is 2.07. The van der Waals surface area contributed by atoms with Crippen molar-refractivity contribution in [3.8, 4) is 11.5 Å². The lowest BCUT2D eigenvalue weighted by molar-refractivity contribution is 0.354. The van der Waals surface area contributed by atoms with Crippen LogP contribution in [-0.2, 0) is 6.42 Å². The highest BCUT2D eigenvalue weighted by Crippen LogP contribution is 2.36. The summed E-state index contributed by atoms with van der Waals surface area (Å²) in [6, 6.07) is 11.7. The molecule has 0 spiro atoms. The van der Waals surface area contributed by atoms with Gasteiger partial charge in [-0.05, 0) is 30.5 Å². The molecule has 0 radical (unpaired) electrons. The molecule has 0 aliphatic rings. The fourth-order valence-corrected chi connectivity index (χ4v) is 2.65. The van der Waals surface area contributed by atoms with Gasteiger partial charge in [-0.3, -0.25) is 0 Å². The molecule has 1 atom stereocenters. The normalized spacial score (nSPS) is 12.0. The van der Waals surface area contributed by atoms with E-state index in [0.717, 1.165) is 12.0 Å². The highest BCUT2D eigenvalue weighted by atomic mass is 35.5. The van der Waals surface area contributed by atoms with Crippen molar-refractivity contribution in [1.29, 1.82) is 0 Å².